The van der Waals surface area contributed by atoms with Crippen LogP contribution in [0.2, 0.25) is 0 Å². The maximum absolute atomic E-state index is 11.2. The molecule has 0 saturated carbocycles. The number of phenolic OH excluding ortho intramolecular Hbond substituents is 1. The molecular formula is C9H10BrNO2. The molecule has 0 saturated heterocycles. The van der Waals surface area contributed by atoms with E-state index in [0.717, 1.165) is 5.56 Å². The zero-order valence-corrected chi connectivity index (χ0v) is 8.76. The van der Waals surface area contributed by atoms with Crippen molar-refractivity contribution in [2.24, 2.45) is 5.73 Å². The molecule has 0 aliphatic heterocycles. The number of rotatable bonds is 2. The standard InChI is InChI=1S/C9H10BrNO2/c1-5-2-3-6(7(12)4-11)8(10)9(5)13/h2-3,13H,4,11H2,1H3. The van der Waals surface area contributed by atoms with Gasteiger partial charge in [-0.3, -0.25) is 4.79 Å². The number of aromatic hydroxyl groups is 1. The molecule has 1 aromatic rings. The summed E-state index contributed by atoms with van der Waals surface area (Å²) in [5.41, 5.74) is 6.35. The molecule has 0 radical (unpaired) electrons. The Kier molecular flexibility index (Phi) is 3.06. The van der Waals surface area contributed by atoms with Gasteiger partial charge >= 0.3 is 0 Å². The van der Waals surface area contributed by atoms with Crippen LogP contribution >= 0.6 is 15.9 Å². The molecule has 0 unspecified atom stereocenters. The molecule has 3 N–H and O–H groups in total. The molecule has 0 atom stereocenters. The summed E-state index contributed by atoms with van der Waals surface area (Å²) in [7, 11) is 0. The van der Waals surface area contributed by atoms with E-state index in [9.17, 15) is 9.90 Å². The average Bonchev–Trinajstić information content (AvgIpc) is 2.13. The lowest BCUT2D eigenvalue weighted by Crippen LogP contribution is -2.14. The summed E-state index contributed by atoms with van der Waals surface area (Å²) in [4.78, 5) is 11.2. The van der Waals surface area contributed by atoms with E-state index in [2.05, 4.69) is 15.9 Å². The Hall–Kier alpha value is -0.870. The molecule has 0 bridgehead atoms. The van der Waals surface area contributed by atoms with Crippen molar-refractivity contribution in [1.29, 1.82) is 0 Å². The highest BCUT2D eigenvalue weighted by atomic mass is 79.9. The van der Waals surface area contributed by atoms with Gasteiger partial charge in [0.15, 0.2) is 5.78 Å². The van der Waals surface area contributed by atoms with Gasteiger partial charge in [0.25, 0.3) is 0 Å². The topological polar surface area (TPSA) is 63.3 Å². The summed E-state index contributed by atoms with van der Waals surface area (Å²) in [5.74, 6) is -0.0959. The van der Waals surface area contributed by atoms with Crippen molar-refractivity contribution in [2.75, 3.05) is 6.54 Å². The Bertz CT molecular complexity index is 350. The monoisotopic (exact) mass is 243 g/mol. The molecule has 0 amide bonds. The lowest BCUT2D eigenvalue weighted by atomic mass is 10.1. The Morgan fingerprint density at radius 2 is 2.23 bits per heavy atom. The summed E-state index contributed by atoms with van der Waals surface area (Å²) in [6.45, 7) is 1.71. The third kappa shape index (κ3) is 1.89. The molecule has 13 heavy (non-hydrogen) atoms. The van der Waals surface area contributed by atoms with Gasteiger partial charge in [-0.25, -0.2) is 0 Å². The Balaban J connectivity index is 3.26. The van der Waals surface area contributed by atoms with E-state index >= 15 is 0 Å². The van der Waals surface area contributed by atoms with Crippen LogP contribution in [0.1, 0.15) is 15.9 Å². The van der Waals surface area contributed by atoms with Crippen molar-refractivity contribution in [3.8, 4) is 5.75 Å². The number of carbonyl (C=O) groups excluding carboxylic acids is 1. The molecule has 0 aliphatic rings. The number of carbonyl (C=O) groups is 1. The fraction of sp³-hybridized carbons (Fsp3) is 0.222. The molecule has 0 aromatic heterocycles. The third-order valence-electron chi connectivity index (χ3n) is 1.80. The maximum atomic E-state index is 11.2. The van der Waals surface area contributed by atoms with Crippen LogP contribution in [0.4, 0.5) is 0 Å². The zero-order valence-electron chi connectivity index (χ0n) is 7.17. The molecule has 0 spiro atoms. The Morgan fingerprint density at radius 3 is 2.77 bits per heavy atom. The van der Waals surface area contributed by atoms with E-state index in [4.69, 9.17) is 5.73 Å². The van der Waals surface area contributed by atoms with Crippen LogP contribution in [0.25, 0.3) is 0 Å². The summed E-state index contributed by atoms with van der Waals surface area (Å²) in [6, 6.07) is 3.33. The number of Topliss-reactive ketones (excluding diaryl/α,β-unsaturated/α-hetero) is 1. The first-order valence-electron chi connectivity index (χ1n) is 3.79. The molecule has 0 heterocycles. The first-order valence-corrected chi connectivity index (χ1v) is 4.58. The van der Waals surface area contributed by atoms with Crippen molar-refractivity contribution in [3.63, 3.8) is 0 Å². The van der Waals surface area contributed by atoms with E-state index < -0.39 is 0 Å². The van der Waals surface area contributed by atoms with Crippen LogP contribution in [0.3, 0.4) is 0 Å². The van der Waals surface area contributed by atoms with Crippen LogP contribution < -0.4 is 5.73 Å². The molecule has 0 aliphatic carbocycles. The normalized spacial score (nSPS) is 10.1. The van der Waals surface area contributed by atoms with Crippen LogP contribution in [-0.4, -0.2) is 17.4 Å². The SMILES string of the molecule is Cc1ccc(C(=O)CN)c(Br)c1O. The van der Waals surface area contributed by atoms with Gasteiger partial charge in [0.2, 0.25) is 0 Å². The number of benzene rings is 1. The number of nitrogens with two attached hydrogens (primary N) is 1. The van der Waals surface area contributed by atoms with Gasteiger partial charge in [-0.2, -0.15) is 0 Å². The second-order valence-corrected chi connectivity index (χ2v) is 3.51. The second-order valence-electron chi connectivity index (χ2n) is 2.72. The third-order valence-corrected chi connectivity index (χ3v) is 2.61. The fourth-order valence-electron chi connectivity index (χ4n) is 0.986. The van der Waals surface area contributed by atoms with Gasteiger partial charge in [-0.05, 0) is 34.5 Å². The largest absolute Gasteiger partial charge is 0.506 e. The van der Waals surface area contributed by atoms with Gasteiger partial charge in [0.05, 0.1) is 11.0 Å². The minimum atomic E-state index is -0.192. The van der Waals surface area contributed by atoms with Crippen molar-refractivity contribution in [2.45, 2.75) is 6.92 Å². The van der Waals surface area contributed by atoms with Crippen molar-refractivity contribution < 1.29 is 9.90 Å². The van der Waals surface area contributed by atoms with Gasteiger partial charge in [0.1, 0.15) is 5.75 Å². The zero-order chi connectivity index (χ0) is 10.0. The summed E-state index contributed by atoms with van der Waals surface area (Å²) in [6.07, 6.45) is 0. The van der Waals surface area contributed by atoms with E-state index in [1.165, 1.54) is 0 Å². The smallest absolute Gasteiger partial charge is 0.177 e. The highest BCUT2D eigenvalue weighted by Crippen LogP contribution is 2.30. The number of aryl methyl sites for hydroxylation is 1. The molecule has 70 valence electrons. The number of halogens is 1. The summed E-state index contributed by atoms with van der Waals surface area (Å²) in [5, 5.41) is 9.49. The van der Waals surface area contributed by atoms with Crippen molar-refractivity contribution in [3.05, 3.63) is 27.7 Å². The quantitative estimate of drug-likeness (QED) is 0.776. The number of hydrogen-bond donors (Lipinski definition) is 2. The first kappa shape index (κ1) is 10.2. The Morgan fingerprint density at radius 1 is 1.62 bits per heavy atom. The fourth-order valence-corrected chi connectivity index (χ4v) is 1.65. The summed E-state index contributed by atoms with van der Waals surface area (Å²) >= 11 is 3.15. The molecule has 1 rings (SSSR count). The maximum Gasteiger partial charge on any atom is 0.177 e. The average molecular weight is 244 g/mol. The van der Waals surface area contributed by atoms with E-state index in [0.29, 0.717) is 10.0 Å². The highest BCUT2D eigenvalue weighted by Gasteiger charge is 2.12. The van der Waals surface area contributed by atoms with Crippen LogP contribution in [0.5, 0.6) is 5.75 Å². The van der Waals surface area contributed by atoms with E-state index in [1.807, 2.05) is 0 Å². The molecule has 4 heteroatoms. The molecular weight excluding hydrogens is 234 g/mol. The van der Waals surface area contributed by atoms with Gasteiger partial charge in [-0.15, -0.1) is 0 Å². The van der Waals surface area contributed by atoms with Crippen molar-refractivity contribution in [1.82, 2.24) is 0 Å². The van der Waals surface area contributed by atoms with Gasteiger partial charge < -0.3 is 10.8 Å². The van der Waals surface area contributed by atoms with Gasteiger partial charge in [0, 0.05) is 5.56 Å². The van der Waals surface area contributed by atoms with Crippen LogP contribution in [0.15, 0.2) is 16.6 Å². The number of hydrogen-bond acceptors (Lipinski definition) is 3. The molecule has 1 aromatic carbocycles. The lowest BCUT2D eigenvalue weighted by Gasteiger charge is -2.06. The van der Waals surface area contributed by atoms with E-state index in [-0.39, 0.29) is 18.1 Å². The van der Waals surface area contributed by atoms with Crippen LogP contribution in [0, 0.1) is 6.92 Å². The van der Waals surface area contributed by atoms with Crippen molar-refractivity contribution >= 4 is 21.7 Å². The lowest BCUT2D eigenvalue weighted by molar-refractivity contribution is 0.1000. The van der Waals surface area contributed by atoms with Gasteiger partial charge in [-0.1, -0.05) is 6.07 Å². The summed E-state index contributed by atoms with van der Waals surface area (Å²) < 4.78 is 0.419. The predicted octanol–water partition coefficient (Wildman–Crippen LogP) is 1.60. The molecule has 0 fully saturated rings. The van der Waals surface area contributed by atoms with E-state index in [1.54, 1.807) is 19.1 Å². The first-order chi connectivity index (χ1) is 6.07. The minimum Gasteiger partial charge on any atom is -0.506 e. The number of ketones is 1. The molecule has 3 nitrogen and oxygen atoms in total. The minimum absolute atomic E-state index is 0.0545. The predicted molar refractivity (Wildman–Crippen MR) is 53.9 cm³/mol. The number of phenols is 1. The van der Waals surface area contributed by atoms with Crippen LogP contribution in [-0.2, 0) is 0 Å². The second kappa shape index (κ2) is 3.89. The highest BCUT2D eigenvalue weighted by molar-refractivity contribution is 9.10. The Labute approximate surface area is 84.7 Å².